The molecule has 0 bridgehead atoms. The van der Waals surface area contributed by atoms with Crippen molar-refractivity contribution in [3.63, 3.8) is 0 Å². The number of benzene rings is 4. The molecule has 3 aliphatic rings. The normalized spacial score (nSPS) is 22.1. The summed E-state index contributed by atoms with van der Waals surface area (Å²) in [6.45, 7) is 13.4. The molecule has 0 radical (unpaired) electrons. The summed E-state index contributed by atoms with van der Waals surface area (Å²) >= 11 is 0. The summed E-state index contributed by atoms with van der Waals surface area (Å²) in [6, 6.07) is 27.0. The molecule has 0 saturated heterocycles. The molecule has 4 heteroatoms. The second kappa shape index (κ2) is 8.61. The minimum absolute atomic E-state index is 0.268. The van der Waals surface area contributed by atoms with Crippen molar-refractivity contribution in [1.29, 1.82) is 0 Å². The number of fused-ring (bicyclic) bond motifs is 4. The number of aryl methyl sites for hydroxylation is 1. The second-order valence-electron chi connectivity index (χ2n) is 11.8. The van der Waals surface area contributed by atoms with E-state index in [1.54, 1.807) is 0 Å². The van der Waals surface area contributed by atoms with E-state index in [2.05, 4.69) is 123 Å². The molecule has 0 fully saturated rings. The molecule has 0 amide bonds. The summed E-state index contributed by atoms with van der Waals surface area (Å²) in [5, 5.41) is 2.33. The molecule has 39 heavy (non-hydrogen) atoms. The average molecular weight is 516 g/mol. The smallest absolute Gasteiger partial charge is 0.229 e. The van der Waals surface area contributed by atoms with Gasteiger partial charge in [0.25, 0.3) is 0 Å². The number of rotatable bonds is 4. The first kappa shape index (κ1) is 24.3. The summed E-state index contributed by atoms with van der Waals surface area (Å²) in [4.78, 5) is 10.1. The number of para-hydroxylation sites is 1. The van der Waals surface area contributed by atoms with E-state index in [1.165, 1.54) is 39.0 Å². The highest BCUT2D eigenvalue weighted by atomic mass is 16.5. The van der Waals surface area contributed by atoms with Crippen LogP contribution < -0.4 is 14.5 Å². The maximum absolute atomic E-state index is 7.28. The van der Waals surface area contributed by atoms with Crippen LogP contribution in [0.5, 0.6) is 5.75 Å². The number of hydrogen-bond donors (Lipinski definition) is 0. The van der Waals surface area contributed by atoms with Crippen LogP contribution in [-0.2, 0) is 11.8 Å². The summed E-state index contributed by atoms with van der Waals surface area (Å²) in [7, 11) is 0. The molecule has 0 N–H and O–H groups in total. The number of anilines is 2. The highest BCUT2D eigenvalue weighted by Gasteiger charge is 2.62. The number of nitrogens with zero attached hydrogens (tertiary/aromatic N) is 3. The predicted molar refractivity (Wildman–Crippen MR) is 164 cm³/mol. The molecule has 0 saturated carbocycles. The van der Waals surface area contributed by atoms with Gasteiger partial charge in [0.1, 0.15) is 11.4 Å². The van der Waals surface area contributed by atoms with Crippen LogP contribution in [0, 0.1) is 0 Å². The Hall–Kier alpha value is -3.79. The minimum Gasteiger partial charge on any atom is -0.459 e. The van der Waals surface area contributed by atoms with Gasteiger partial charge in [-0.1, -0.05) is 54.6 Å². The van der Waals surface area contributed by atoms with Crippen LogP contribution in [0.1, 0.15) is 52.2 Å². The Bertz CT molecular complexity index is 1620. The molecular formula is C35H37N3O. The first-order valence-electron chi connectivity index (χ1n) is 14.5. The van der Waals surface area contributed by atoms with Crippen molar-refractivity contribution in [2.45, 2.75) is 64.6 Å². The van der Waals surface area contributed by atoms with Crippen LogP contribution in [0.25, 0.3) is 21.9 Å². The number of aliphatic imine (C=N–C) groups is 1. The summed E-state index contributed by atoms with van der Waals surface area (Å²) in [6.07, 6.45) is 4.32. The first-order chi connectivity index (χ1) is 18.9. The quantitative estimate of drug-likeness (QED) is 0.274. The van der Waals surface area contributed by atoms with Crippen LogP contribution in [-0.4, -0.2) is 31.1 Å². The van der Waals surface area contributed by atoms with E-state index in [9.17, 15) is 0 Å². The van der Waals surface area contributed by atoms with Crippen molar-refractivity contribution in [3.05, 3.63) is 83.9 Å². The van der Waals surface area contributed by atoms with E-state index in [0.717, 1.165) is 42.8 Å². The number of ether oxygens (including phenoxy) is 1. The first-order valence-corrected chi connectivity index (χ1v) is 14.5. The third-order valence-electron chi connectivity index (χ3n) is 9.48. The Morgan fingerprint density at radius 1 is 0.949 bits per heavy atom. The average Bonchev–Trinajstić information content (AvgIpc) is 3.15. The Balaban J connectivity index is 1.40. The third-order valence-corrected chi connectivity index (χ3v) is 9.48. The van der Waals surface area contributed by atoms with Gasteiger partial charge in [-0.3, -0.25) is 4.99 Å². The zero-order valence-electron chi connectivity index (χ0n) is 23.7. The van der Waals surface area contributed by atoms with E-state index in [4.69, 9.17) is 9.73 Å². The summed E-state index contributed by atoms with van der Waals surface area (Å²) < 4.78 is 7.28. The Labute approximate surface area is 231 Å². The van der Waals surface area contributed by atoms with Gasteiger partial charge in [-0.2, -0.15) is 0 Å². The Morgan fingerprint density at radius 3 is 2.44 bits per heavy atom. The van der Waals surface area contributed by atoms with Crippen molar-refractivity contribution in [1.82, 2.24) is 0 Å². The molecule has 198 valence electrons. The molecule has 0 aliphatic carbocycles. The van der Waals surface area contributed by atoms with Gasteiger partial charge >= 0.3 is 0 Å². The monoisotopic (exact) mass is 515 g/mol. The minimum atomic E-state index is -0.676. The van der Waals surface area contributed by atoms with E-state index in [1.807, 2.05) is 0 Å². The van der Waals surface area contributed by atoms with Crippen molar-refractivity contribution in [2.75, 3.05) is 22.9 Å². The standard InChI is InChI=1S/C35H37N3O/c1-6-37(7-2)26-19-17-24(18-20-26)29-21-31-32(28-13-9-8-12-27(28)29)36-22-35(39-31)34(4,5)30-14-10-11-25-16-15-23(3)38(35)33(25)30/h8-14,17-23H,6-7,15-16H2,1-5H3/t23?,35-/m1/s1. The predicted octanol–water partition coefficient (Wildman–Crippen LogP) is 8.28. The van der Waals surface area contributed by atoms with Crippen LogP contribution in [0.4, 0.5) is 17.1 Å². The largest absolute Gasteiger partial charge is 0.459 e. The fourth-order valence-electron chi connectivity index (χ4n) is 7.25. The Kier molecular flexibility index (Phi) is 5.35. The molecule has 3 aliphatic heterocycles. The maximum Gasteiger partial charge on any atom is 0.229 e. The lowest BCUT2D eigenvalue weighted by Crippen LogP contribution is -2.65. The molecule has 4 nitrogen and oxygen atoms in total. The number of hydrogen-bond acceptors (Lipinski definition) is 4. The van der Waals surface area contributed by atoms with Crippen LogP contribution in [0.2, 0.25) is 0 Å². The van der Waals surface area contributed by atoms with Gasteiger partial charge in [0.05, 0.1) is 11.6 Å². The fourth-order valence-corrected chi connectivity index (χ4v) is 7.25. The maximum atomic E-state index is 7.28. The van der Waals surface area contributed by atoms with Crippen LogP contribution >= 0.6 is 0 Å². The lowest BCUT2D eigenvalue weighted by molar-refractivity contribution is 0.0696. The van der Waals surface area contributed by atoms with Crippen molar-refractivity contribution in [3.8, 4) is 16.9 Å². The SMILES string of the molecule is CCN(CC)c1ccc(-c2cc3c(c4ccccc24)N=C[C@]2(O3)N3c4c(cccc4C2(C)C)CCC3C)cc1. The van der Waals surface area contributed by atoms with E-state index >= 15 is 0 Å². The van der Waals surface area contributed by atoms with Gasteiger partial charge in [0.2, 0.25) is 5.72 Å². The molecule has 2 atom stereocenters. The summed E-state index contributed by atoms with van der Waals surface area (Å²) in [5.41, 5.74) is 7.75. The topological polar surface area (TPSA) is 28.1 Å². The molecule has 0 aromatic heterocycles. The van der Waals surface area contributed by atoms with E-state index in [0.29, 0.717) is 6.04 Å². The molecule has 3 heterocycles. The molecule has 7 rings (SSSR count). The van der Waals surface area contributed by atoms with Crippen LogP contribution in [0.15, 0.2) is 77.8 Å². The highest BCUT2D eigenvalue weighted by Crippen LogP contribution is 2.58. The Morgan fingerprint density at radius 2 is 1.69 bits per heavy atom. The van der Waals surface area contributed by atoms with Gasteiger partial charge in [-0.25, -0.2) is 0 Å². The second-order valence-corrected chi connectivity index (χ2v) is 11.8. The molecule has 4 aromatic rings. The van der Waals surface area contributed by atoms with Gasteiger partial charge in [-0.05, 0) is 93.3 Å². The molecular weight excluding hydrogens is 478 g/mol. The van der Waals surface area contributed by atoms with Crippen molar-refractivity contribution >= 4 is 34.0 Å². The zero-order valence-corrected chi connectivity index (χ0v) is 23.7. The van der Waals surface area contributed by atoms with Crippen molar-refractivity contribution < 1.29 is 4.74 Å². The lowest BCUT2D eigenvalue weighted by Gasteiger charge is -2.49. The lowest BCUT2D eigenvalue weighted by atomic mass is 9.77. The molecule has 1 unspecified atom stereocenters. The van der Waals surface area contributed by atoms with Gasteiger partial charge in [0, 0.05) is 35.9 Å². The summed E-state index contributed by atoms with van der Waals surface area (Å²) in [5.74, 6) is 0.860. The van der Waals surface area contributed by atoms with Crippen molar-refractivity contribution in [2.24, 2.45) is 4.99 Å². The molecule has 1 spiro atoms. The van der Waals surface area contributed by atoms with Gasteiger partial charge < -0.3 is 14.5 Å². The van der Waals surface area contributed by atoms with Gasteiger partial charge in [-0.15, -0.1) is 0 Å². The van der Waals surface area contributed by atoms with E-state index < -0.39 is 5.72 Å². The third kappa shape index (κ3) is 3.27. The highest BCUT2D eigenvalue weighted by molar-refractivity contribution is 6.07. The van der Waals surface area contributed by atoms with E-state index in [-0.39, 0.29) is 5.41 Å². The van der Waals surface area contributed by atoms with Crippen LogP contribution in [0.3, 0.4) is 0 Å². The fraction of sp³-hybridized carbons (Fsp3) is 0.343. The zero-order chi connectivity index (χ0) is 26.9. The van der Waals surface area contributed by atoms with Gasteiger partial charge in [0.15, 0.2) is 0 Å². The molecule has 4 aromatic carbocycles.